The minimum atomic E-state index is 0.159. The summed E-state index contributed by atoms with van der Waals surface area (Å²) in [6, 6.07) is 12.0. The lowest BCUT2D eigenvalue weighted by Gasteiger charge is -2.21. The molecule has 0 aliphatic heterocycles. The van der Waals surface area contributed by atoms with Crippen LogP contribution in [-0.4, -0.2) is 0 Å². The third-order valence-electron chi connectivity index (χ3n) is 3.21. The van der Waals surface area contributed by atoms with Gasteiger partial charge in [0.2, 0.25) is 0 Å². The van der Waals surface area contributed by atoms with Gasteiger partial charge in [-0.25, -0.2) is 0 Å². The van der Waals surface area contributed by atoms with Gasteiger partial charge in [0, 0.05) is 5.02 Å². The summed E-state index contributed by atoms with van der Waals surface area (Å²) in [6.07, 6.45) is 0.929. The van der Waals surface area contributed by atoms with Crippen molar-refractivity contribution in [3.05, 3.63) is 62.6 Å². The molecule has 0 fully saturated rings. The number of benzene rings is 2. The molecule has 106 valence electrons. The van der Waals surface area contributed by atoms with Crippen LogP contribution in [0.25, 0.3) is 0 Å². The van der Waals surface area contributed by atoms with Gasteiger partial charge in [0.25, 0.3) is 0 Å². The number of hydrogen-bond donors (Lipinski definition) is 1. The predicted octanol–water partition coefficient (Wildman–Crippen LogP) is 6.52. The summed E-state index contributed by atoms with van der Waals surface area (Å²) < 4.78 is 0. The second kappa shape index (κ2) is 6.71. The average molecular weight is 329 g/mol. The first-order chi connectivity index (χ1) is 9.51. The smallest absolute Gasteiger partial charge is 0.0724 e. The summed E-state index contributed by atoms with van der Waals surface area (Å²) in [5.74, 6) is 0. The number of nitrogens with one attached hydrogen (secondary N) is 1. The van der Waals surface area contributed by atoms with Gasteiger partial charge in [-0.3, -0.25) is 0 Å². The van der Waals surface area contributed by atoms with Crippen LogP contribution in [0.3, 0.4) is 0 Å². The molecule has 20 heavy (non-hydrogen) atoms. The van der Waals surface area contributed by atoms with E-state index in [0.29, 0.717) is 15.1 Å². The molecule has 2 aromatic carbocycles. The summed E-state index contributed by atoms with van der Waals surface area (Å²) in [7, 11) is 0. The Hall–Kier alpha value is -0.890. The molecule has 1 nitrogen and oxygen atoms in total. The van der Waals surface area contributed by atoms with E-state index in [-0.39, 0.29) is 6.04 Å². The molecule has 1 N–H and O–H groups in total. The van der Waals surface area contributed by atoms with Crippen LogP contribution in [-0.2, 0) is 0 Å². The molecule has 0 heterocycles. The summed E-state index contributed by atoms with van der Waals surface area (Å²) in [4.78, 5) is 0. The highest BCUT2D eigenvalue weighted by Gasteiger charge is 2.14. The standard InChI is InChI=1S/C16H16Cl3N/c1-3-15(11-6-4-10(2)5-7-11)20-16-13(18)8-12(17)9-14(16)19/h4-9,15,20H,3H2,1-2H3. The van der Waals surface area contributed by atoms with Crippen molar-refractivity contribution >= 4 is 40.5 Å². The molecule has 0 aliphatic rings. The zero-order chi connectivity index (χ0) is 14.7. The quantitative estimate of drug-likeness (QED) is 0.673. The van der Waals surface area contributed by atoms with Crippen molar-refractivity contribution in [3.63, 3.8) is 0 Å². The van der Waals surface area contributed by atoms with Gasteiger partial charge in [-0.05, 0) is 31.0 Å². The number of anilines is 1. The molecule has 0 saturated carbocycles. The zero-order valence-corrected chi connectivity index (χ0v) is 13.7. The van der Waals surface area contributed by atoms with Crippen molar-refractivity contribution < 1.29 is 0 Å². The minimum Gasteiger partial charge on any atom is -0.376 e. The molecule has 4 heteroatoms. The Balaban J connectivity index is 2.29. The summed E-state index contributed by atoms with van der Waals surface area (Å²) in [6.45, 7) is 4.19. The fourth-order valence-corrected chi connectivity index (χ4v) is 3.00. The molecule has 0 bridgehead atoms. The average Bonchev–Trinajstić information content (AvgIpc) is 2.39. The van der Waals surface area contributed by atoms with Crippen LogP contribution >= 0.6 is 34.8 Å². The normalized spacial score (nSPS) is 12.2. The van der Waals surface area contributed by atoms with E-state index in [9.17, 15) is 0 Å². The first kappa shape index (κ1) is 15.5. The van der Waals surface area contributed by atoms with Gasteiger partial charge in [-0.1, -0.05) is 71.6 Å². The van der Waals surface area contributed by atoms with Crippen molar-refractivity contribution in [2.45, 2.75) is 26.3 Å². The number of hydrogen-bond acceptors (Lipinski definition) is 1. The maximum absolute atomic E-state index is 6.22. The maximum atomic E-state index is 6.22. The van der Waals surface area contributed by atoms with Crippen molar-refractivity contribution in [1.29, 1.82) is 0 Å². The third kappa shape index (κ3) is 3.60. The molecule has 1 unspecified atom stereocenters. The van der Waals surface area contributed by atoms with Crippen LogP contribution in [0.4, 0.5) is 5.69 Å². The van der Waals surface area contributed by atoms with Gasteiger partial charge in [0.1, 0.15) is 0 Å². The largest absolute Gasteiger partial charge is 0.376 e. The highest BCUT2D eigenvalue weighted by molar-refractivity contribution is 6.41. The zero-order valence-electron chi connectivity index (χ0n) is 11.4. The van der Waals surface area contributed by atoms with Gasteiger partial charge < -0.3 is 5.32 Å². The van der Waals surface area contributed by atoms with Gasteiger partial charge in [-0.15, -0.1) is 0 Å². The Morgan fingerprint density at radius 2 is 1.55 bits per heavy atom. The van der Waals surface area contributed by atoms with E-state index in [4.69, 9.17) is 34.8 Å². The Labute approximate surface area is 134 Å². The minimum absolute atomic E-state index is 0.159. The molecule has 2 aromatic rings. The number of aryl methyl sites for hydroxylation is 1. The predicted molar refractivity (Wildman–Crippen MR) is 89.3 cm³/mol. The molecule has 0 saturated heterocycles. The summed E-state index contributed by atoms with van der Waals surface area (Å²) >= 11 is 18.4. The van der Waals surface area contributed by atoms with Crippen LogP contribution in [0, 0.1) is 6.92 Å². The van der Waals surface area contributed by atoms with Gasteiger partial charge >= 0.3 is 0 Å². The molecule has 0 spiro atoms. The van der Waals surface area contributed by atoms with Gasteiger partial charge in [0.15, 0.2) is 0 Å². The topological polar surface area (TPSA) is 12.0 Å². The Bertz CT molecular complexity index is 570. The summed E-state index contributed by atoms with van der Waals surface area (Å²) in [5, 5.41) is 5.01. The highest BCUT2D eigenvalue weighted by atomic mass is 35.5. The van der Waals surface area contributed by atoms with E-state index in [0.717, 1.165) is 12.1 Å². The molecule has 0 aromatic heterocycles. The van der Waals surface area contributed by atoms with Crippen molar-refractivity contribution in [2.24, 2.45) is 0 Å². The molecule has 0 amide bonds. The van der Waals surface area contributed by atoms with Crippen LogP contribution in [0.5, 0.6) is 0 Å². The SMILES string of the molecule is CCC(Nc1c(Cl)cc(Cl)cc1Cl)c1ccc(C)cc1. The van der Waals surface area contributed by atoms with Crippen LogP contribution < -0.4 is 5.32 Å². The Morgan fingerprint density at radius 3 is 2.05 bits per heavy atom. The van der Waals surface area contributed by atoms with E-state index < -0.39 is 0 Å². The van der Waals surface area contributed by atoms with Crippen molar-refractivity contribution in [1.82, 2.24) is 0 Å². The molecular weight excluding hydrogens is 313 g/mol. The molecule has 0 radical (unpaired) electrons. The van der Waals surface area contributed by atoms with Crippen molar-refractivity contribution in [3.8, 4) is 0 Å². The van der Waals surface area contributed by atoms with Crippen LogP contribution in [0.1, 0.15) is 30.5 Å². The van der Waals surface area contributed by atoms with E-state index in [1.54, 1.807) is 12.1 Å². The third-order valence-corrected chi connectivity index (χ3v) is 4.03. The van der Waals surface area contributed by atoms with E-state index >= 15 is 0 Å². The van der Waals surface area contributed by atoms with Gasteiger partial charge in [-0.2, -0.15) is 0 Å². The lowest BCUT2D eigenvalue weighted by Crippen LogP contribution is -2.10. The van der Waals surface area contributed by atoms with Crippen LogP contribution in [0.2, 0.25) is 15.1 Å². The lowest BCUT2D eigenvalue weighted by atomic mass is 10.0. The molecule has 2 rings (SSSR count). The highest BCUT2D eigenvalue weighted by Crippen LogP contribution is 2.36. The summed E-state index contributed by atoms with van der Waals surface area (Å²) in [5.41, 5.74) is 3.18. The van der Waals surface area contributed by atoms with E-state index in [1.165, 1.54) is 11.1 Å². The first-order valence-electron chi connectivity index (χ1n) is 6.49. The second-order valence-electron chi connectivity index (χ2n) is 4.76. The molecule has 0 aliphatic carbocycles. The Kier molecular flexibility index (Phi) is 5.20. The number of rotatable bonds is 4. The van der Waals surface area contributed by atoms with Crippen molar-refractivity contribution in [2.75, 3.05) is 5.32 Å². The number of halogens is 3. The monoisotopic (exact) mass is 327 g/mol. The first-order valence-corrected chi connectivity index (χ1v) is 7.62. The molecule has 1 atom stereocenters. The van der Waals surface area contributed by atoms with Gasteiger partial charge in [0.05, 0.1) is 21.8 Å². The van der Waals surface area contributed by atoms with E-state index in [2.05, 4.69) is 43.4 Å². The maximum Gasteiger partial charge on any atom is 0.0724 e. The fraction of sp³-hybridized carbons (Fsp3) is 0.250. The van der Waals surface area contributed by atoms with Crippen LogP contribution in [0.15, 0.2) is 36.4 Å². The fourth-order valence-electron chi connectivity index (χ4n) is 2.07. The Morgan fingerprint density at radius 1 is 1.00 bits per heavy atom. The molecular formula is C16H16Cl3N. The van der Waals surface area contributed by atoms with E-state index in [1.807, 2.05) is 0 Å². The lowest BCUT2D eigenvalue weighted by molar-refractivity contribution is 0.749. The second-order valence-corrected chi connectivity index (χ2v) is 6.01.